The number of nitrogens with two attached hydrogens (primary N) is 1. The van der Waals surface area contributed by atoms with Gasteiger partial charge in [-0.3, -0.25) is 9.97 Å². The van der Waals surface area contributed by atoms with Gasteiger partial charge in [0.1, 0.15) is 11.6 Å². The van der Waals surface area contributed by atoms with Crippen LogP contribution in [0, 0.1) is 23.5 Å². The number of ether oxygens (including phenoxy) is 1. The van der Waals surface area contributed by atoms with Crippen molar-refractivity contribution in [2.75, 3.05) is 36.9 Å². The standard InChI is InChI=1S/C30H27F2N5O/c1-2-3-19-14-34-15-24(29(19)33)18-4-5-26-23(12-18)30(37-8-6-27-28(17-37)38-9-7-35-27)25(16-36-26)20-10-21(31)13-22(32)11-20/h4-5,10-16,27-28,35H,6-9,17H2,1H3,(H2,33,34). The Kier molecular flexibility index (Phi) is 6.40. The fourth-order valence-electron chi connectivity index (χ4n) is 5.52. The van der Waals surface area contributed by atoms with Gasteiger partial charge in [-0.1, -0.05) is 12.0 Å². The van der Waals surface area contributed by atoms with E-state index >= 15 is 0 Å². The van der Waals surface area contributed by atoms with Crippen LogP contribution < -0.4 is 16.0 Å². The van der Waals surface area contributed by atoms with Crippen molar-refractivity contribution < 1.29 is 13.5 Å². The van der Waals surface area contributed by atoms with Crippen molar-refractivity contribution in [3.05, 3.63) is 72.2 Å². The Morgan fingerprint density at radius 1 is 1.05 bits per heavy atom. The maximum atomic E-state index is 14.3. The molecule has 8 heteroatoms. The number of fused-ring (bicyclic) bond motifs is 2. The van der Waals surface area contributed by atoms with E-state index in [2.05, 4.69) is 32.0 Å². The topological polar surface area (TPSA) is 76.3 Å². The second-order valence-electron chi connectivity index (χ2n) is 9.64. The van der Waals surface area contributed by atoms with Gasteiger partial charge >= 0.3 is 0 Å². The highest BCUT2D eigenvalue weighted by atomic mass is 19.1. The monoisotopic (exact) mass is 511 g/mol. The summed E-state index contributed by atoms with van der Waals surface area (Å²) in [4.78, 5) is 11.3. The van der Waals surface area contributed by atoms with Crippen molar-refractivity contribution in [3.8, 4) is 34.1 Å². The number of nitrogens with one attached hydrogen (secondary N) is 1. The molecule has 2 aromatic heterocycles. The van der Waals surface area contributed by atoms with Crippen LogP contribution in [0.1, 0.15) is 18.9 Å². The van der Waals surface area contributed by atoms with Gasteiger partial charge in [-0.2, -0.15) is 0 Å². The summed E-state index contributed by atoms with van der Waals surface area (Å²) in [5, 5.41) is 4.41. The van der Waals surface area contributed by atoms with Crippen LogP contribution in [0.4, 0.5) is 20.2 Å². The zero-order valence-electron chi connectivity index (χ0n) is 21.0. The molecule has 2 fully saturated rings. The number of halogens is 2. The van der Waals surface area contributed by atoms with Gasteiger partial charge in [0.05, 0.1) is 35.2 Å². The molecule has 0 radical (unpaired) electrons. The first-order chi connectivity index (χ1) is 18.5. The fraction of sp³-hybridized carbons (Fsp3) is 0.267. The predicted octanol–water partition coefficient (Wildman–Crippen LogP) is 4.76. The molecular weight excluding hydrogens is 484 g/mol. The number of rotatable bonds is 3. The van der Waals surface area contributed by atoms with Crippen LogP contribution in [0.3, 0.4) is 0 Å². The number of aromatic nitrogens is 2. The lowest BCUT2D eigenvalue weighted by atomic mass is 9.94. The summed E-state index contributed by atoms with van der Waals surface area (Å²) in [6.07, 6.45) is 5.99. The molecule has 2 unspecified atom stereocenters. The average Bonchev–Trinajstić information content (AvgIpc) is 2.92. The van der Waals surface area contributed by atoms with Crippen molar-refractivity contribution in [2.24, 2.45) is 0 Å². The Hall–Kier alpha value is -4.06. The van der Waals surface area contributed by atoms with Crippen molar-refractivity contribution in [1.29, 1.82) is 0 Å². The molecule has 0 aliphatic carbocycles. The van der Waals surface area contributed by atoms with Crippen LogP contribution in [-0.2, 0) is 4.74 Å². The number of anilines is 2. The van der Waals surface area contributed by atoms with Crippen LogP contribution in [0.15, 0.2) is 55.0 Å². The molecule has 38 heavy (non-hydrogen) atoms. The maximum Gasteiger partial charge on any atom is 0.126 e. The van der Waals surface area contributed by atoms with E-state index in [1.165, 1.54) is 12.1 Å². The molecule has 2 saturated heterocycles. The largest absolute Gasteiger partial charge is 0.397 e. The third-order valence-electron chi connectivity index (χ3n) is 7.29. The van der Waals surface area contributed by atoms with E-state index in [4.69, 9.17) is 10.5 Å². The normalized spacial score (nSPS) is 19.1. The molecule has 0 amide bonds. The van der Waals surface area contributed by atoms with Crippen molar-refractivity contribution in [2.45, 2.75) is 25.5 Å². The lowest BCUT2D eigenvalue weighted by Gasteiger charge is -2.43. The lowest BCUT2D eigenvalue weighted by Crippen LogP contribution is -2.57. The number of hydrogen-bond donors (Lipinski definition) is 2. The quantitative estimate of drug-likeness (QED) is 0.386. The Bertz CT molecular complexity index is 1580. The first-order valence-corrected chi connectivity index (χ1v) is 12.7. The molecule has 4 aromatic rings. The van der Waals surface area contributed by atoms with E-state index in [0.29, 0.717) is 35.5 Å². The third-order valence-corrected chi connectivity index (χ3v) is 7.29. The Morgan fingerprint density at radius 2 is 1.89 bits per heavy atom. The van der Waals surface area contributed by atoms with Crippen LogP contribution in [-0.4, -0.2) is 48.4 Å². The molecule has 2 aromatic carbocycles. The van der Waals surface area contributed by atoms with Crippen LogP contribution in [0.5, 0.6) is 0 Å². The number of morpholine rings is 1. The molecule has 192 valence electrons. The van der Waals surface area contributed by atoms with Gasteiger partial charge in [-0.15, -0.1) is 5.92 Å². The fourth-order valence-corrected chi connectivity index (χ4v) is 5.52. The van der Waals surface area contributed by atoms with E-state index < -0.39 is 11.6 Å². The van der Waals surface area contributed by atoms with E-state index in [9.17, 15) is 8.78 Å². The van der Waals surface area contributed by atoms with Gasteiger partial charge in [0, 0.05) is 66.8 Å². The zero-order valence-corrected chi connectivity index (χ0v) is 21.0. The number of pyridine rings is 2. The number of nitrogen functional groups attached to an aromatic ring is 1. The number of benzene rings is 2. The van der Waals surface area contributed by atoms with Crippen molar-refractivity contribution in [1.82, 2.24) is 15.3 Å². The van der Waals surface area contributed by atoms with Gasteiger partial charge in [-0.25, -0.2) is 8.78 Å². The molecule has 3 N–H and O–H groups in total. The Labute approximate surface area is 219 Å². The molecule has 0 bridgehead atoms. The molecule has 2 aliphatic rings. The van der Waals surface area contributed by atoms with Gasteiger partial charge in [-0.05, 0) is 48.7 Å². The van der Waals surface area contributed by atoms with Gasteiger partial charge in [0.25, 0.3) is 0 Å². The van der Waals surface area contributed by atoms with E-state index in [1.807, 2.05) is 18.2 Å². The molecule has 6 nitrogen and oxygen atoms in total. The minimum atomic E-state index is -0.633. The molecule has 6 rings (SSSR count). The minimum Gasteiger partial charge on any atom is -0.397 e. The van der Waals surface area contributed by atoms with E-state index in [0.717, 1.165) is 53.3 Å². The SMILES string of the molecule is CC#Cc1cncc(-c2ccc3ncc(-c4cc(F)cc(F)c4)c(N4CCC5NCCOC5C4)c3c2)c1N. The second-order valence-corrected chi connectivity index (χ2v) is 9.64. The summed E-state index contributed by atoms with van der Waals surface area (Å²) in [5.74, 6) is 4.62. The first-order valence-electron chi connectivity index (χ1n) is 12.7. The summed E-state index contributed by atoms with van der Waals surface area (Å²) in [6, 6.07) is 9.78. The molecule has 0 spiro atoms. The summed E-state index contributed by atoms with van der Waals surface area (Å²) < 4.78 is 34.7. The Morgan fingerprint density at radius 3 is 2.71 bits per heavy atom. The van der Waals surface area contributed by atoms with Crippen molar-refractivity contribution >= 4 is 22.3 Å². The van der Waals surface area contributed by atoms with E-state index in [-0.39, 0.29) is 12.1 Å². The summed E-state index contributed by atoms with van der Waals surface area (Å²) in [5.41, 5.74) is 12.0. The Balaban J connectivity index is 1.55. The first kappa shape index (κ1) is 24.3. The highest BCUT2D eigenvalue weighted by Gasteiger charge is 2.33. The van der Waals surface area contributed by atoms with E-state index in [1.54, 1.807) is 25.5 Å². The predicted molar refractivity (Wildman–Crippen MR) is 146 cm³/mol. The number of nitrogens with zero attached hydrogens (tertiary/aromatic N) is 3. The molecular formula is C30H27F2N5O. The average molecular weight is 512 g/mol. The second kappa shape index (κ2) is 10.0. The van der Waals surface area contributed by atoms with Crippen LogP contribution in [0.2, 0.25) is 0 Å². The highest BCUT2D eigenvalue weighted by molar-refractivity contribution is 6.02. The van der Waals surface area contributed by atoms with Crippen LogP contribution in [0.25, 0.3) is 33.2 Å². The van der Waals surface area contributed by atoms with Gasteiger partial charge in [0.2, 0.25) is 0 Å². The summed E-state index contributed by atoms with van der Waals surface area (Å²) in [7, 11) is 0. The van der Waals surface area contributed by atoms with Crippen LogP contribution >= 0.6 is 0 Å². The molecule has 2 atom stereocenters. The molecule has 2 aliphatic heterocycles. The minimum absolute atomic E-state index is 0.0186. The van der Waals surface area contributed by atoms with Gasteiger partial charge < -0.3 is 20.7 Å². The lowest BCUT2D eigenvalue weighted by molar-refractivity contribution is -0.00896. The smallest absolute Gasteiger partial charge is 0.126 e. The maximum absolute atomic E-state index is 14.3. The van der Waals surface area contributed by atoms with Gasteiger partial charge in [0.15, 0.2) is 0 Å². The third kappa shape index (κ3) is 4.44. The summed E-state index contributed by atoms with van der Waals surface area (Å²) >= 11 is 0. The highest BCUT2D eigenvalue weighted by Crippen LogP contribution is 2.41. The molecule has 0 saturated carbocycles. The molecule has 4 heterocycles. The number of hydrogen-bond acceptors (Lipinski definition) is 6. The number of piperidine rings is 1. The summed E-state index contributed by atoms with van der Waals surface area (Å²) in [6.45, 7) is 4.66. The van der Waals surface area contributed by atoms with Crippen molar-refractivity contribution in [3.63, 3.8) is 0 Å². The zero-order chi connectivity index (χ0) is 26.2.